The minimum Gasteiger partial charge on any atom is -0.452 e. The monoisotopic (exact) mass is 481 g/mol. The molecule has 2 aromatic heterocycles. The number of rotatable bonds is 6. The number of hydrogen-bond acceptors (Lipinski definition) is 8. The van der Waals surface area contributed by atoms with E-state index in [0.717, 1.165) is 31.2 Å². The van der Waals surface area contributed by atoms with Gasteiger partial charge in [-0.2, -0.15) is 20.6 Å². The van der Waals surface area contributed by atoms with Gasteiger partial charge in [-0.3, -0.25) is 0 Å². The van der Waals surface area contributed by atoms with Crippen LogP contribution >= 0.6 is 22.9 Å². The summed E-state index contributed by atoms with van der Waals surface area (Å²) >= 11 is 7.68. The molecule has 11 heteroatoms. The van der Waals surface area contributed by atoms with Crippen molar-refractivity contribution in [1.82, 2.24) is 14.4 Å². The molecule has 0 radical (unpaired) electrons. The summed E-state index contributed by atoms with van der Waals surface area (Å²) in [6, 6.07) is 5.93. The summed E-state index contributed by atoms with van der Waals surface area (Å²) in [4.78, 5) is 16.6. The minimum absolute atomic E-state index is 0.0677. The van der Waals surface area contributed by atoms with Crippen molar-refractivity contribution in [3.05, 3.63) is 51.5 Å². The van der Waals surface area contributed by atoms with Crippen LogP contribution in [0.1, 0.15) is 41.9 Å². The van der Waals surface area contributed by atoms with E-state index in [0.29, 0.717) is 18.9 Å². The van der Waals surface area contributed by atoms with Crippen molar-refractivity contribution in [1.29, 1.82) is 0 Å². The second kappa shape index (κ2) is 9.47. The van der Waals surface area contributed by atoms with E-state index in [4.69, 9.17) is 20.9 Å². The largest absolute Gasteiger partial charge is 0.452 e. The molecule has 0 aliphatic carbocycles. The molecule has 8 nitrogen and oxygen atoms in total. The maximum atomic E-state index is 13.1. The van der Waals surface area contributed by atoms with E-state index < -0.39 is 16.0 Å². The fourth-order valence-corrected chi connectivity index (χ4v) is 5.93. The van der Waals surface area contributed by atoms with Crippen LogP contribution in [0.5, 0.6) is 0 Å². The molecule has 0 spiro atoms. The molecule has 4 rings (SSSR count). The summed E-state index contributed by atoms with van der Waals surface area (Å²) in [6.45, 7) is 0.654. The third-order valence-electron chi connectivity index (χ3n) is 4.92. The molecule has 0 saturated carbocycles. The average molecular weight is 482 g/mol. The Morgan fingerprint density at radius 1 is 1.19 bits per heavy atom. The Labute approximate surface area is 188 Å². The number of halogens is 1. The molecule has 0 bridgehead atoms. The fraction of sp³-hybridized carbons (Fsp3) is 0.350. The summed E-state index contributed by atoms with van der Waals surface area (Å²) in [6.07, 6.45) is 3.60. The summed E-state index contributed by atoms with van der Waals surface area (Å²) in [5.41, 5.74) is 0.891. The number of benzene rings is 1. The predicted molar refractivity (Wildman–Crippen MR) is 115 cm³/mol. The molecule has 164 valence electrons. The predicted octanol–water partition coefficient (Wildman–Crippen LogP) is 4.37. The number of hydrogen-bond donors (Lipinski definition) is 0. The van der Waals surface area contributed by atoms with Crippen LogP contribution in [-0.4, -0.2) is 41.9 Å². The molecule has 1 aromatic carbocycles. The van der Waals surface area contributed by atoms with Crippen molar-refractivity contribution >= 4 is 38.9 Å². The summed E-state index contributed by atoms with van der Waals surface area (Å²) < 4.78 is 37.9. The Kier molecular flexibility index (Phi) is 6.71. The summed E-state index contributed by atoms with van der Waals surface area (Å²) in [7, 11) is -3.81. The number of ether oxygens (including phenoxy) is 1. The van der Waals surface area contributed by atoms with Gasteiger partial charge < -0.3 is 9.26 Å². The van der Waals surface area contributed by atoms with Crippen LogP contribution in [0.25, 0.3) is 11.4 Å². The number of sulfonamides is 1. The van der Waals surface area contributed by atoms with E-state index in [2.05, 4.69) is 10.1 Å². The maximum Gasteiger partial charge on any atom is 0.338 e. The zero-order chi connectivity index (χ0) is 21.8. The van der Waals surface area contributed by atoms with Crippen LogP contribution in [-0.2, 0) is 21.4 Å². The lowest BCUT2D eigenvalue weighted by Crippen LogP contribution is -2.32. The van der Waals surface area contributed by atoms with Gasteiger partial charge in [0.15, 0.2) is 6.61 Å². The van der Waals surface area contributed by atoms with Crippen molar-refractivity contribution in [2.45, 2.75) is 37.2 Å². The zero-order valence-corrected chi connectivity index (χ0v) is 18.9. The van der Waals surface area contributed by atoms with Gasteiger partial charge in [-0.1, -0.05) is 29.6 Å². The van der Waals surface area contributed by atoms with Gasteiger partial charge in [0.1, 0.15) is 4.90 Å². The molecule has 1 aliphatic rings. The van der Waals surface area contributed by atoms with Gasteiger partial charge in [0.25, 0.3) is 5.89 Å². The quantitative estimate of drug-likeness (QED) is 0.481. The van der Waals surface area contributed by atoms with Crippen LogP contribution in [0.2, 0.25) is 5.02 Å². The maximum absolute atomic E-state index is 13.1. The second-order valence-electron chi connectivity index (χ2n) is 7.06. The topological polar surface area (TPSA) is 103 Å². The smallest absolute Gasteiger partial charge is 0.338 e. The molecule has 0 atom stereocenters. The Morgan fingerprint density at radius 2 is 1.97 bits per heavy atom. The standard InChI is InChI=1S/C20H20ClN3O5S2/c21-16-6-5-14(11-17(16)31(26,27)24-8-3-1-2-4-9-24)20(25)28-12-18-22-19(23-29-18)15-7-10-30-13-15/h5-7,10-11,13H,1-4,8-9,12H2. The number of carbonyl (C=O) groups excluding carboxylic acids is 1. The van der Waals surface area contributed by atoms with Crippen LogP contribution in [0.3, 0.4) is 0 Å². The molecule has 0 N–H and O–H groups in total. The molecule has 0 amide bonds. The number of aromatic nitrogens is 2. The van der Waals surface area contributed by atoms with Crippen molar-refractivity contribution < 1.29 is 22.5 Å². The van der Waals surface area contributed by atoms with E-state index >= 15 is 0 Å². The summed E-state index contributed by atoms with van der Waals surface area (Å²) in [5, 5.41) is 7.69. The molecule has 3 heterocycles. The molecule has 1 fully saturated rings. The minimum atomic E-state index is -3.81. The van der Waals surface area contributed by atoms with Gasteiger partial charge in [-0.15, -0.1) is 0 Å². The highest BCUT2D eigenvalue weighted by Crippen LogP contribution is 2.28. The van der Waals surface area contributed by atoms with Gasteiger partial charge in [0.2, 0.25) is 15.8 Å². The second-order valence-corrected chi connectivity index (χ2v) is 10.2. The van der Waals surface area contributed by atoms with Crippen LogP contribution in [0, 0.1) is 0 Å². The van der Waals surface area contributed by atoms with E-state index in [1.165, 1.54) is 33.8 Å². The molecular formula is C20H20ClN3O5S2. The number of nitrogens with zero attached hydrogens (tertiary/aromatic N) is 3. The van der Waals surface area contributed by atoms with Gasteiger partial charge in [0.05, 0.1) is 10.6 Å². The van der Waals surface area contributed by atoms with Gasteiger partial charge >= 0.3 is 5.97 Å². The highest BCUT2D eigenvalue weighted by atomic mass is 35.5. The molecule has 1 aliphatic heterocycles. The number of thiophene rings is 1. The Bertz CT molecular complexity index is 1150. The Balaban J connectivity index is 1.48. The van der Waals surface area contributed by atoms with E-state index in [1.54, 1.807) is 0 Å². The van der Waals surface area contributed by atoms with E-state index in [-0.39, 0.29) is 28.0 Å². The van der Waals surface area contributed by atoms with Gasteiger partial charge in [-0.25, -0.2) is 13.2 Å². The Morgan fingerprint density at radius 3 is 2.68 bits per heavy atom. The van der Waals surface area contributed by atoms with Crippen LogP contribution in [0.4, 0.5) is 0 Å². The zero-order valence-electron chi connectivity index (χ0n) is 16.5. The normalized spacial score (nSPS) is 15.5. The van der Waals surface area contributed by atoms with E-state index in [1.807, 2.05) is 16.8 Å². The van der Waals surface area contributed by atoms with Crippen LogP contribution < -0.4 is 0 Å². The molecule has 1 saturated heterocycles. The number of esters is 1. The van der Waals surface area contributed by atoms with Crippen molar-refractivity contribution in [3.8, 4) is 11.4 Å². The first-order valence-electron chi connectivity index (χ1n) is 9.77. The Hall–Kier alpha value is -2.27. The lowest BCUT2D eigenvalue weighted by molar-refractivity contribution is 0.0429. The summed E-state index contributed by atoms with van der Waals surface area (Å²) in [5.74, 6) is -0.162. The highest BCUT2D eigenvalue weighted by molar-refractivity contribution is 7.89. The van der Waals surface area contributed by atoms with Crippen LogP contribution in [0.15, 0.2) is 44.4 Å². The first kappa shape index (κ1) is 21.9. The highest BCUT2D eigenvalue weighted by Gasteiger charge is 2.28. The molecule has 3 aromatic rings. The SMILES string of the molecule is O=C(OCc1nc(-c2ccsc2)no1)c1ccc(Cl)c(S(=O)(=O)N2CCCCCC2)c1. The molecule has 0 unspecified atom stereocenters. The van der Waals surface area contributed by atoms with Gasteiger partial charge in [0, 0.05) is 24.0 Å². The van der Waals surface area contributed by atoms with Gasteiger partial charge in [-0.05, 0) is 42.5 Å². The number of carbonyl (C=O) groups is 1. The van der Waals surface area contributed by atoms with Crippen molar-refractivity contribution in [2.24, 2.45) is 0 Å². The average Bonchev–Trinajstić information content (AvgIpc) is 3.38. The molecular weight excluding hydrogens is 462 g/mol. The van der Waals surface area contributed by atoms with E-state index in [9.17, 15) is 13.2 Å². The lowest BCUT2D eigenvalue weighted by atomic mass is 10.2. The third kappa shape index (κ3) is 4.98. The van der Waals surface area contributed by atoms with Crippen molar-refractivity contribution in [2.75, 3.05) is 13.1 Å². The first-order chi connectivity index (χ1) is 14.9. The third-order valence-corrected chi connectivity index (χ3v) is 7.99. The first-order valence-corrected chi connectivity index (χ1v) is 12.5. The lowest BCUT2D eigenvalue weighted by Gasteiger charge is -2.20. The molecule has 31 heavy (non-hydrogen) atoms. The fourth-order valence-electron chi connectivity index (χ4n) is 3.28. The van der Waals surface area contributed by atoms with Crippen molar-refractivity contribution in [3.63, 3.8) is 0 Å².